The average molecular weight is 266 g/mol. The molecule has 0 heterocycles. The quantitative estimate of drug-likeness (QED) is 0.467. The van der Waals surface area contributed by atoms with Crippen molar-refractivity contribution in [1.29, 1.82) is 0 Å². The minimum atomic E-state index is -0.695. The van der Waals surface area contributed by atoms with Crippen molar-refractivity contribution in [3.05, 3.63) is 52.3 Å². The first-order valence-corrected chi connectivity index (χ1v) is 5.74. The first-order valence-electron chi connectivity index (χ1n) is 5.74. The summed E-state index contributed by atoms with van der Waals surface area (Å²) in [5.41, 5.74) is -0.651. The molecule has 1 rings (SSSR count). The van der Waals surface area contributed by atoms with Crippen LogP contribution in [0, 0.1) is 15.9 Å². The first kappa shape index (κ1) is 14.8. The largest absolute Gasteiger partial charge is 0.332 e. The predicted octanol–water partition coefficient (Wildman–Crippen LogP) is 2.77. The summed E-state index contributed by atoms with van der Waals surface area (Å²) >= 11 is 0. The molecule has 5 nitrogen and oxygen atoms in total. The third-order valence-corrected chi connectivity index (χ3v) is 2.60. The Kier molecular flexibility index (Phi) is 4.74. The summed E-state index contributed by atoms with van der Waals surface area (Å²) in [7, 11) is 0. The van der Waals surface area contributed by atoms with E-state index in [1.54, 1.807) is 13.8 Å². The van der Waals surface area contributed by atoms with Gasteiger partial charge in [-0.15, -0.1) is 6.58 Å². The molecule has 1 amide bonds. The van der Waals surface area contributed by atoms with Gasteiger partial charge in [-0.2, -0.15) is 0 Å². The number of nitro groups is 1. The van der Waals surface area contributed by atoms with Gasteiger partial charge in [0.25, 0.3) is 11.6 Å². The molecule has 19 heavy (non-hydrogen) atoms. The number of benzene rings is 1. The van der Waals surface area contributed by atoms with Gasteiger partial charge < -0.3 is 4.90 Å². The molecule has 0 saturated heterocycles. The Hall–Kier alpha value is -2.24. The number of nitro benzene ring substituents is 1. The van der Waals surface area contributed by atoms with Gasteiger partial charge in [0.2, 0.25) is 0 Å². The van der Waals surface area contributed by atoms with Gasteiger partial charge in [-0.1, -0.05) is 6.08 Å². The zero-order valence-corrected chi connectivity index (χ0v) is 10.8. The van der Waals surface area contributed by atoms with Gasteiger partial charge in [-0.3, -0.25) is 14.9 Å². The lowest BCUT2D eigenvalue weighted by molar-refractivity contribution is -0.385. The van der Waals surface area contributed by atoms with Gasteiger partial charge in [-0.25, -0.2) is 4.39 Å². The Morgan fingerprint density at radius 3 is 2.68 bits per heavy atom. The molecule has 0 aliphatic heterocycles. The highest BCUT2D eigenvalue weighted by Gasteiger charge is 2.26. The molecule has 0 N–H and O–H groups in total. The van der Waals surface area contributed by atoms with Crippen molar-refractivity contribution in [3.8, 4) is 0 Å². The molecule has 0 aromatic heterocycles. The van der Waals surface area contributed by atoms with Crippen LogP contribution in [0.1, 0.15) is 24.2 Å². The zero-order valence-electron chi connectivity index (χ0n) is 10.8. The smallest absolute Gasteiger partial charge is 0.282 e. The highest BCUT2D eigenvalue weighted by molar-refractivity contribution is 5.98. The average Bonchev–Trinajstić information content (AvgIpc) is 2.34. The highest BCUT2D eigenvalue weighted by atomic mass is 19.1. The van der Waals surface area contributed by atoms with E-state index in [9.17, 15) is 19.3 Å². The summed E-state index contributed by atoms with van der Waals surface area (Å²) in [5.74, 6) is -1.27. The Morgan fingerprint density at radius 2 is 2.21 bits per heavy atom. The first-order chi connectivity index (χ1) is 8.88. The van der Waals surface area contributed by atoms with Crippen LogP contribution in [0.15, 0.2) is 30.9 Å². The van der Waals surface area contributed by atoms with Crippen LogP contribution in [0.5, 0.6) is 0 Å². The number of hydrogen-bond donors (Lipinski definition) is 0. The molecule has 102 valence electrons. The maximum Gasteiger partial charge on any atom is 0.282 e. The molecule has 0 aliphatic rings. The van der Waals surface area contributed by atoms with Gasteiger partial charge in [0.15, 0.2) is 0 Å². The van der Waals surface area contributed by atoms with E-state index < -0.39 is 22.3 Å². The van der Waals surface area contributed by atoms with Crippen molar-refractivity contribution in [1.82, 2.24) is 4.90 Å². The summed E-state index contributed by atoms with van der Waals surface area (Å²) in [6.45, 7) is 7.31. The maximum atomic E-state index is 13.2. The highest BCUT2D eigenvalue weighted by Crippen LogP contribution is 2.22. The lowest BCUT2D eigenvalue weighted by Crippen LogP contribution is -2.37. The fraction of sp³-hybridized carbons (Fsp3) is 0.308. The van der Waals surface area contributed by atoms with Crippen molar-refractivity contribution < 1.29 is 14.1 Å². The van der Waals surface area contributed by atoms with Crippen molar-refractivity contribution >= 4 is 11.6 Å². The van der Waals surface area contributed by atoms with Crippen molar-refractivity contribution in [2.24, 2.45) is 0 Å². The van der Waals surface area contributed by atoms with Gasteiger partial charge in [0.05, 0.1) is 4.92 Å². The second kappa shape index (κ2) is 6.08. The molecule has 0 atom stereocenters. The van der Waals surface area contributed by atoms with E-state index in [1.165, 1.54) is 11.0 Å². The summed E-state index contributed by atoms with van der Waals surface area (Å²) in [5, 5.41) is 10.9. The fourth-order valence-corrected chi connectivity index (χ4v) is 1.66. The minimum absolute atomic E-state index is 0.173. The van der Waals surface area contributed by atoms with E-state index >= 15 is 0 Å². The number of hydrogen-bond acceptors (Lipinski definition) is 3. The number of carbonyl (C=O) groups excluding carboxylic acids is 1. The fourth-order valence-electron chi connectivity index (χ4n) is 1.66. The molecular formula is C13H15FN2O3. The van der Waals surface area contributed by atoms with Crippen molar-refractivity contribution in [2.45, 2.75) is 19.9 Å². The number of nitrogens with zero attached hydrogens (tertiary/aromatic N) is 2. The molecule has 0 spiro atoms. The van der Waals surface area contributed by atoms with Crippen LogP contribution in [0.4, 0.5) is 10.1 Å². The molecule has 0 fully saturated rings. The van der Waals surface area contributed by atoms with Gasteiger partial charge >= 0.3 is 0 Å². The Labute approximate surface area is 110 Å². The van der Waals surface area contributed by atoms with Crippen LogP contribution >= 0.6 is 0 Å². The zero-order chi connectivity index (χ0) is 14.6. The summed E-state index contributed by atoms with van der Waals surface area (Å²) in [4.78, 5) is 23.8. The van der Waals surface area contributed by atoms with Crippen LogP contribution in [-0.2, 0) is 0 Å². The Balaban J connectivity index is 3.26. The molecule has 1 aromatic carbocycles. The van der Waals surface area contributed by atoms with E-state index in [0.29, 0.717) is 0 Å². The molecule has 6 heteroatoms. The normalized spacial score (nSPS) is 10.3. The van der Waals surface area contributed by atoms with E-state index in [1.807, 2.05) is 0 Å². The number of amides is 1. The minimum Gasteiger partial charge on any atom is -0.332 e. The standard InChI is InChI=1S/C13H15FN2O3/c1-4-7-15(9(2)3)13(17)11-8-10(14)5-6-12(11)16(18)19/h4-6,8-9H,1,7H2,2-3H3. The van der Waals surface area contributed by atoms with E-state index in [2.05, 4.69) is 6.58 Å². The third kappa shape index (κ3) is 3.37. The summed E-state index contributed by atoms with van der Waals surface area (Å²) in [6.07, 6.45) is 1.52. The monoisotopic (exact) mass is 266 g/mol. The van der Waals surface area contributed by atoms with Crippen LogP contribution < -0.4 is 0 Å². The molecule has 0 radical (unpaired) electrons. The Morgan fingerprint density at radius 1 is 1.58 bits per heavy atom. The van der Waals surface area contributed by atoms with Crippen LogP contribution in [0.25, 0.3) is 0 Å². The molecule has 0 saturated carbocycles. The summed E-state index contributed by atoms with van der Waals surface area (Å²) in [6, 6.07) is 2.67. The van der Waals surface area contributed by atoms with Gasteiger partial charge in [0.1, 0.15) is 11.4 Å². The van der Waals surface area contributed by atoms with Gasteiger partial charge in [-0.05, 0) is 26.0 Å². The van der Waals surface area contributed by atoms with Crippen LogP contribution in [-0.4, -0.2) is 28.3 Å². The molecule has 0 bridgehead atoms. The second-order valence-electron chi connectivity index (χ2n) is 4.26. The SMILES string of the molecule is C=CCN(C(=O)c1cc(F)ccc1[N+](=O)[O-])C(C)C. The second-order valence-corrected chi connectivity index (χ2v) is 4.26. The van der Waals surface area contributed by atoms with Crippen molar-refractivity contribution in [2.75, 3.05) is 6.54 Å². The van der Waals surface area contributed by atoms with E-state index in [4.69, 9.17) is 0 Å². The number of rotatable bonds is 5. The molecule has 1 aromatic rings. The van der Waals surface area contributed by atoms with E-state index in [-0.39, 0.29) is 18.2 Å². The lowest BCUT2D eigenvalue weighted by atomic mass is 10.1. The predicted molar refractivity (Wildman–Crippen MR) is 69.4 cm³/mol. The number of carbonyl (C=O) groups is 1. The third-order valence-electron chi connectivity index (χ3n) is 2.60. The van der Waals surface area contributed by atoms with Gasteiger partial charge in [0, 0.05) is 18.7 Å². The molecule has 0 unspecified atom stereocenters. The van der Waals surface area contributed by atoms with Crippen LogP contribution in [0.3, 0.4) is 0 Å². The number of halogens is 1. The van der Waals surface area contributed by atoms with E-state index in [0.717, 1.165) is 18.2 Å². The topological polar surface area (TPSA) is 63.5 Å². The van der Waals surface area contributed by atoms with Crippen molar-refractivity contribution in [3.63, 3.8) is 0 Å². The van der Waals surface area contributed by atoms with Crippen LogP contribution in [0.2, 0.25) is 0 Å². The Bertz CT molecular complexity index is 515. The molecular weight excluding hydrogens is 251 g/mol. The maximum absolute atomic E-state index is 13.2. The summed E-state index contributed by atoms with van der Waals surface area (Å²) < 4.78 is 13.2. The lowest BCUT2D eigenvalue weighted by Gasteiger charge is -2.25. The molecule has 0 aliphatic carbocycles.